The molecule has 3 nitrogen and oxygen atoms in total. The Morgan fingerprint density at radius 2 is 2.31 bits per heavy atom. The van der Waals surface area contributed by atoms with Gasteiger partial charge < -0.3 is 9.64 Å². The molecule has 76 valence electrons. The normalized spacial score (nSPS) is 42.5. The van der Waals surface area contributed by atoms with Crippen molar-refractivity contribution < 1.29 is 4.74 Å². The summed E-state index contributed by atoms with van der Waals surface area (Å²) in [5, 5.41) is 3.45. The summed E-state index contributed by atoms with van der Waals surface area (Å²) < 4.78 is 5.81. The molecule has 0 aromatic carbocycles. The van der Waals surface area contributed by atoms with Gasteiger partial charge in [-0.25, -0.2) is 0 Å². The molecule has 2 aliphatic rings. The Morgan fingerprint density at radius 1 is 1.46 bits per heavy atom. The molecule has 1 N–H and O–H groups in total. The van der Waals surface area contributed by atoms with Crippen LogP contribution < -0.4 is 5.32 Å². The van der Waals surface area contributed by atoms with Gasteiger partial charge in [-0.05, 0) is 33.4 Å². The number of nitrogens with zero attached hydrogens (tertiary/aromatic N) is 1. The largest absolute Gasteiger partial charge is 0.359 e. The van der Waals surface area contributed by atoms with E-state index in [2.05, 4.69) is 24.2 Å². The molecular weight excluding hydrogens is 164 g/mol. The van der Waals surface area contributed by atoms with Crippen molar-refractivity contribution >= 4 is 0 Å². The van der Waals surface area contributed by atoms with Crippen molar-refractivity contribution in [1.29, 1.82) is 0 Å². The molecule has 2 aliphatic heterocycles. The minimum Gasteiger partial charge on any atom is -0.359 e. The Labute approximate surface area is 80.4 Å². The van der Waals surface area contributed by atoms with E-state index in [9.17, 15) is 0 Å². The number of ether oxygens (including phenoxy) is 1. The van der Waals surface area contributed by atoms with Gasteiger partial charge in [-0.2, -0.15) is 0 Å². The molecule has 13 heavy (non-hydrogen) atoms. The fraction of sp³-hybridized carbons (Fsp3) is 1.00. The van der Waals surface area contributed by atoms with Gasteiger partial charge in [-0.3, -0.25) is 5.32 Å². The lowest BCUT2D eigenvalue weighted by atomic mass is 9.97. The third-order valence-corrected chi connectivity index (χ3v) is 3.07. The average Bonchev–Trinajstić information content (AvgIpc) is 2.52. The summed E-state index contributed by atoms with van der Waals surface area (Å²) in [6, 6.07) is 0. The molecular formula is C10H20N2O. The van der Waals surface area contributed by atoms with E-state index in [-0.39, 0.29) is 0 Å². The highest BCUT2D eigenvalue weighted by Crippen LogP contribution is 2.22. The van der Waals surface area contributed by atoms with E-state index in [1.807, 2.05) is 0 Å². The number of likely N-dealkylation sites (tertiary alicyclic amines) is 1. The Kier molecular flexibility index (Phi) is 2.86. The quantitative estimate of drug-likeness (QED) is 0.648. The first kappa shape index (κ1) is 9.44. The first-order valence-electron chi connectivity index (χ1n) is 5.33. The summed E-state index contributed by atoms with van der Waals surface area (Å²) in [6.07, 6.45) is 3.35. The predicted octanol–water partition coefficient (Wildman–Crippen LogP) is 0.663. The van der Waals surface area contributed by atoms with Gasteiger partial charge in [0.1, 0.15) is 6.23 Å². The Hall–Kier alpha value is -0.120. The smallest absolute Gasteiger partial charge is 0.112 e. The minimum absolute atomic E-state index is 0.317. The first-order valence-corrected chi connectivity index (χ1v) is 5.33. The van der Waals surface area contributed by atoms with E-state index in [0.717, 1.165) is 6.54 Å². The highest BCUT2D eigenvalue weighted by molar-refractivity contribution is 4.81. The molecule has 0 aliphatic carbocycles. The van der Waals surface area contributed by atoms with Gasteiger partial charge in [0.15, 0.2) is 0 Å². The van der Waals surface area contributed by atoms with Crippen molar-refractivity contribution in [2.45, 2.75) is 32.1 Å². The molecule has 0 saturated carbocycles. The van der Waals surface area contributed by atoms with Crippen LogP contribution in [0.3, 0.4) is 0 Å². The fourth-order valence-electron chi connectivity index (χ4n) is 2.36. The summed E-state index contributed by atoms with van der Waals surface area (Å²) >= 11 is 0. The maximum Gasteiger partial charge on any atom is 0.112 e. The van der Waals surface area contributed by atoms with E-state index in [0.29, 0.717) is 18.2 Å². The number of rotatable bonds is 1. The monoisotopic (exact) mass is 184 g/mol. The highest BCUT2D eigenvalue weighted by atomic mass is 16.5. The van der Waals surface area contributed by atoms with Crippen LogP contribution in [0, 0.1) is 5.92 Å². The zero-order valence-corrected chi connectivity index (χ0v) is 8.62. The highest BCUT2D eigenvalue weighted by Gasteiger charge is 2.31. The van der Waals surface area contributed by atoms with Crippen molar-refractivity contribution in [3.63, 3.8) is 0 Å². The summed E-state index contributed by atoms with van der Waals surface area (Å²) in [7, 11) is 2.20. The van der Waals surface area contributed by atoms with Gasteiger partial charge in [0, 0.05) is 19.0 Å². The molecule has 3 unspecified atom stereocenters. The number of nitrogens with one attached hydrogen (secondary N) is 1. The lowest BCUT2D eigenvalue weighted by Gasteiger charge is -2.32. The molecule has 2 rings (SSSR count). The van der Waals surface area contributed by atoms with Gasteiger partial charge in [-0.15, -0.1) is 0 Å². The molecule has 2 heterocycles. The summed E-state index contributed by atoms with van der Waals surface area (Å²) in [5.41, 5.74) is 0. The third-order valence-electron chi connectivity index (χ3n) is 3.07. The van der Waals surface area contributed by atoms with Gasteiger partial charge in [0.25, 0.3) is 0 Å². The molecule has 0 amide bonds. The Bertz CT molecular complexity index is 174. The number of piperidine rings is 1. The molecule has 2 saturated heterocycles. The van der Waals surface area contributed by atoms with Crippen LogP contribution >= 0.6 is 0 Å². The molecule has 0 bridgehead atoms. The molecule has 3 heteroatoms. The van der Waals surface area contributed by atoms with Crippen molar-refractivity contribution in [2.75, 3.05) is 26.7 Å². The molecule has 0 aromatic rings. The second kappa shape index (κ2) is 3.95. The second-order valence-electron chi connectivity index (χ2n) is 4.44. The van der Waals surface area contributed by atoms with E-state index in [1.54, 1.807) is 0 Å². The van der Waals surface area contributed by atoms with Crippen molar-refractivity contribution in [2.24, 2.45) is 5.92 Å². The van der Waals surface area contributed by atoms with Gasteiger partial charge >= 0.3 is 0 Å². The predicted molar refractivity (Wildman–Crippen MR) is 52.6 cm³/mol. The molecule has 0 spiro atoms. The molecule has 0 radical (unpaired) electrons. The standard InChI is InChI=1S/C10H20N2O/c1-8-6-11-10(13-8)9-4-3-5-12(2)7-9/h8-11H,3-7H2,1-2H3. The SMILES string of the molecule is CC1CNC(C2CCCN(C)C2)O1. The van der Waals surface area contributed by atoms with Crippen molar-refractivity contribution in [1.82, 2.24) is 10.2 Å². The zero-order chi connectivity index (χ0) is 9.26. The van der Waals surface area contributed by atoms with Crippen LogP contribution in [0.25, 0.3) is 0 Å². The van der Waals surface area contributed by atoms with Crippen LogP contribution in [0.2, 0.25) is 0 Å². The lowest BCUT2D eigenvalue weighted by Crippen LogP contribution is -2.42. The number of hydrogen-bond donors (Lipinski definition) is 1. The van der Waals surface area contributed by atoms with Crippen LogP contribution in [0.4, 0.5) is 0 Å². The molecule has 3 atom stereocenters. The second-order valence-corrected chi connectivity index (χ2v) is 4.44. The maximum absolute atomic E-state index is 5.81. The molecule has 2 fully saturated rings. The van der Waals surface area contributed by atoms with E-state index >= 15 is 0 Å². The van der Waals surface area contributed by atoms with Gasteiger partial charge in [0.05, 0.1) is 6.10 Å². The Balaban J connectivity index is 1.85. The first-order chi connectivity index (χ1) is 6.25. The average molecular weight is 184 g/mol. The fourth-order valence-corrected chi connectivity index (χ4v) is 2.36. The molecule has 0 aromatic heterocycles. The van der Waals surface area contributed by atoms with E-state index in [4.69, 9.17) is 4.74 Å². The maximum atomic E-state index is 5.81. The number of hydrogen-bond acceptors (Lipinski definition) is 3. The van der Waals surface area contributed by atoms with Crippen molar-refractivity contribution in [3.05, 3.63) is 0 Å². The van der Waals surface area contributed by atoms with Crippen LogP contribution in [0.1, 0.15) is 19.8 Å². The van der Waals surface area contributed by atoms with Gasteiger partial charge in [-0.1, -0.05) is 0 Å². The van der Waals surface area contributed by atoms with Crippen LogP contribution in [-0.2, 0) is 4.74 Å². The summed E-state index contributed by atoms with van der Waals surface area (Å²) in [5.74, 6) is 0.698. The van der Waals surface area contributed by atoms with Crippen molar-refractivity contribution in [3.8, 4) is 0 Å². The summed E-state index contributed by atoms with van der Waals surface area (Å²) in [4.78, 5) is 2.40. The van der Waals surface area contributed by atoms with Crippen LogP contribution in [-0.4, -0.2) is 43.9 Å². The van der Waals surface area contributed by atoms with E-state index in [1.165, 1.54) is 25.9 Å². The van der Waals surface area contributed by atoms with Gasteiger partial charge in [0.2, 0.25) is 0 Å². The Morgan fingerprint density at radius 3 is 2.92 bits per heavy atom. The minimum atomic E-state index is 0.317. The zero-order valence-electron chi connectivity index (χ0n) is 8.62. The van der Waals surface area contributed by atoms with E-state index < -0.39 is 0 Å². The summed E-state index contributed by atoms with van der Waals surface area (Å²) in [6.45, 7) is 5.59. The van der Waals surface area contributed by atoms with Crippen LogP contribution in [0.5, 0.6) is 0 Å². The topological polar surface area (TPSA) is 24.5 Å². The van der Waals surface area contributed by atoms with Crippen LogP contribution in [0.15, 0.2) is 0 Å². The third kappa shape index (κ3) is 2.22. The lowest BCUT2D eigenvalue weighted by molar-refractivity contribution is -0.00884.